The van der Waals surface area contributed by atoms with E-state index in [1.807, 2.05) is 0 Å². The average Bonchev–Trinajstić information content (AvgIpc) is 2.94. The Morgan fingerprint density at radius 3 is 2.00 bits per heavy atom. The molecule has 0 aliphatic heterocycles. The molecule has 100 valence electrons. The van der Waals surface area contributed by atoms with Gasteiger partial charge in [0.15, 0.2) is 0 Å². The van der Waals surface area contributed by atoms with Crippen LogP contribution in [-0.2, 0) is 4.79 Å². The van der Waals surface area contributed by atoms with Crippen molar-refractivity contribution in [3.05, 3.63) is 43.8 Å². The Balaban J connectivity index is 2.02. The molecule has 2 atom stereocenters. The third-order valence-corrected chi connectivity index (χ3v) is 6.41. The highest BCUT2D eigenvalue weighted by atomic mass is 32.1. The number of carbonyl (C=O) groups is 1. The van der Waals surface area contributed by atoms with Gasteiger partial charge in [-0.25, -0.2) is 0 Å². The maximum atomic E-state index is 12.5. The molecular weight excluding hydrogens is 272 g/mol. The Labute approximate surface area is 122 Å². The van der Waals surface area contributed by atoms with Crippen LogP contribution < -0.4 is 0 Å². The maximum Gasteiger partial charge on any atom is 0.148 e. The van der Waals surface area contributed by atoms with Crippen molar-refractivity contribution in [3.63, 3.8) is 0 Å². The SMILES string of the molecule is Cc1csc(C2C(=O)C(C)(C)C2c2cc(C)cs2)c1. The molecule has 0 bridgehead atoms. The average molecular weight is 290 g/mol. The van der Waals surface area contributed by atoms with Crippen LogP contribution in [0.5, 0.6) is 0 Å². The number of hydrogen-bond acceptors (Lipinski definition) is 3. The van der Waals surface area contributed by atoms with Gasteiger partial charge in [0.25, 0.3) is 0 Å². The van der Waals surface area contributed by atoms with Crippen LogP contribution in [0.3, 0.4) is 0 Å². The van der Waals surface area contributed by atoms with Gasteiger partial charge in [0.2, 0.25) is 0 Å². The smallest absolute Gasteiger partial charge is 0.148 e. The molecule has 1 nitrogen and oxygen atoms in total. The molecule has 1 fully saturated rings. The summed E-state index contributed by atoms with van der Waals surface area (Å²) in [7, 11) is 0. The lowest BCUT2D eigenvalue weighted by molar-refractivity contribution is -0.141. The van der Waals surface area contributed by atoms with Gasteiger partial charge in [0.05, 0.1) is 5.92 Å². The number of hydrogen-bond donors (Lipinski definition) is 0. The van der Waals surface area contributed by atoms with Gasteiger partial charge in [-0.15, -0.1) is 22.7 Å². The Hall–Kier alpha value is -0.930. The fourth-order valence-corrected chi connectivity index (χ4v) is 5.33. The van der Waals surface area contributed by atoms with Gasteiger partial charge in [-0.1, -0.05) is 13.8 Å². The third kappa shape index (κ3) is 1.91. The molecule has 1 saturated carbocycles. The van der Waals surface area contributed by atoms with Gasteiger partial charge in [-0.3, -0.25) is 4.79 Å². The largest absolute Gasteiger partial charge is 0.298 e. The van der Waals surface area contributed by atoms with E-state index in [4.69, 9.17) is 0 Å². The van der Waals surface area contributed by atoms with E-state index in [0.29, 0.717) is 11.7 Å². The second-order valence-corrected chi connectivity index (χ2v) is 7.98. The normalized spacial score (nSPS) is 25.4. The fourth-order valence-electron chi connectivity index (χ4n) is 3.07. The molecule has 2 aromatic heterocycles. The van der Waals surface area contributed by atoms with Crippen LogP contribution in [0.1, 0.15) is 46.6 Å². The zero-order valence-corrected chi connectivity index (χ0v) is 13.3. The molecule has 1 aliphatic carbocycles. The highest BCUT2D eigenvalue weighted by molar-refractivity contribution is 7.11. The van der Waals surface area contributed by atoms with E-state index < -0.39 is 0 Å². The van der Waals surface area contributed by atoms with Crippen molar-refractivity contribution in [1.82, 2.24) is 0 Å². The Kier molecular flexibility index (Phi) is 2.95. The van der Waals surface area contributed by atoms with Gasteiger partial charge >= 0.3 is 0 Å². The van der Waals surface area contributed by atoms with Gasteiger partial charge in [0.1, 0.15) is 5.78 Å². The first-order valence-electron chi connectivity index (χ1n) is 6.55. The molecular formula is C16H18OS2. The minimum atomic E-state index is -0.222. The molecule has 3 rings (SSSR count). The third-order valence-electron chi connectivity index (χ3n) is 4.14. The molecule has 2 unspecified atom stereocenters. The van der Waals surface area contributed by atoms with Crippen molar-refractivity contribution < 1.29 is 4.79 Å². The summed E-state index contributed by atoms with van der Waals surface area (Å²) in [5, 5.41) is 4.33. The summed E-state index contributed by atoms with van der Waals surface area (Å²) in [4.78, 5) is 15.1. The Morgan fingerprint density at radius 2 is 1.53 bits per heavy atom. The Bertz CT molecular complexity index is 633. The summed E-state index contributed by atoms with van der Waals surface area (Å²) in [6.07, 6.45) is 0. The Morgan fingerprint density at radius 1 is 1.00 bits per heavy atom. The summed E-state index contributed by atoms with van der Waals surface area (Å²) in [6.45, 7) is 8.40. The summed E-state index contributed by atoms with van der Waals surface area (Å²) in [6, 6.07) is 4.42. The van der Waals surface area contributed by atoms with Crippen LogP contribution in [0.25, 0.3) is 0 Å². The summed E-state index contributed by atoms with van der Waals surface area (Å²) >= 11 is 3.52. The molecule has 0 amide bonds. The van der Waals surface area contributed by atoms with Gasteiger partial charge < -0.3 is 0 Å². The van der Waals surface area contributed by atoms with E-state index in [2.05, 4.69) is 50.6 Å². The second kappa shape index (κ2) is 4.29. The van der Waals surface area contributed by atoms with Crippen molar-refractivity contribution in [2.45, 2.75) is 39.5 Å². The minimum absolute atomic E-state index is 0.0757. The van der Waals surface area contributed by atoms with Crippen molar-refractivity contribution in [3.8, 4) is 0 Å². The lowest BCUT2D eigenvalue weighted by Crippen LogP contribution is -2.50. The summed E-state index contributed by atoms with van der Waals surface area (Å²) < 4.78 is 0. The quantitative estimate of drug-likeness (QED) is 0.768. The lowest BCUT2D eigenvalue weighted by Gasteiger charge is -2.48. The van der Waals surface area contributed by atoms with E-state index in [9.17, 15) is 4.79 Å². The lowest BCUT2D eigenvalue weighted by atomic mass is 9.53. The topological polar surface area (TPSA) is 17.1 Å². The predicted octanol–water partition coefficient (Wildman–Crippen LogP) is 4.90. The number of carbonyl (C=O) groups excluding carboxylic acids is 1. The van der Waals surface area contributed by atoms with E-state index in [-0.39, 0.29) is 11.3 Å². The van der Waals surface area contributed by atoms with E-state index in [0.717, 1.165) is 0 Å². The number of thiophene rings is 2. The predicted molar refractivity (Wildman–Crippen MR) is 82.4 cm³/mol. The van der Waals surface area contributed by atoms with Gasteiger partial charge in [-0.2, -0.15) is 0 Å². The van der Waals surface area contributed by atoms with E-state index in [1.54, 1.807) is 22.7 Å². The fraction of sp³-hybridized carbons (Fsp3) is 0.438. The van der Waals surface area contributed by atoms with Gasteiger partial charge in [0, 0.05) is 21.1 Å². The molecule has 2 aromatic rings. The molecule has 19 heavy (non-hydrogen) atoms. The number of Topliss-reactive ketones (excluding diaryl/α,β-unsaturated/α-hetero) is 1. The second-order valence-electron chi connectivity index (χ2n) is 6.09. The first-order chi connectivity index (χ1) is 8.91. The zero-order chi connectivity index (χ0) is 13.8. The number of rotatable bonds is 2. The summed E-state index contributed by atoms with van der Waals surface area (Å²) in [5.41, 5.74) is 2.34. The number of ketones is 1. The van der Waals surface area contributed by atoms with Crippen molar-refractivity contribution in [2.75, 3.05) is 0 Å². The van der Waals surface area contributed by atoms with Gasteiger partial charge in [-0.05, 0) is 47.9 Å². The van der Waals surface area contributed by atoms with Crippen molar-refractivity contribution >= 4 is 28.5 Å². The monoisotopic (exact) mass is 290 g/mol. The van der Waals surface area contributed by atoms with Crippen molar-refractivity contribution in [1.29, 1.82) is 0 Å². The molecule has 0 spiro atoms. The van der Waals surface area contributed by atoms with Crippen molar-refractivity contribution in [2.24, 2.45) is 5.41 Å². The van der Waals surface area contributed by atoms with Crippen LogP contribution in [-0.4, -0.2) is 5.78 Å². The number of aryl methyl sites for hydroxylation is 2. The summed E-state index contributed by atoms with van der Waals surface area (Å²) in [5.74, 6) is 0.814. The molecule has 3 heteroatoms. The highest BCUT2D eigenvalue weighted by Gasteiger charge is 2.57. The van der Waals surface area contributed by atoms with E-state index in [1.165, 1.54) is 20.9 Å². The van der Waals surface area contributed by atoms with Crippen LogP contribution >= 0.6 is 22.7 Å². The van der Waals surface area contributed by atoms with Crippen LogP contribution in [0.4, 0.5) is 0 Å². The highest BCUT2D eigenvalue weighted by Crippen LogP contribution is 2.60. The van der Waals surface area contributed by atoms with Crippen LogP contribution in [0.15, 0.2) is 22.9 Å². The molecule has 2 heterocycles. The molecule has 0 radical (unpaired) electrons. The molecule has 0 saturated heterocycles. The molecule has 0 aromatic carbocycles. The van der Waals surface area contributed by atoms with Crippen LogP contribution in [0, 0.1) is 19.3 Å². The zero-order valence-electron chi connectivity index (χ0n) is 11.7. The first kappa shape index (κ1) is 13.1. The maximum absolute atomic E-state index is 12.5. The standard InChI is InChI=1S/C16H18OS2/c1-9-5-11(18-7-9)13-14(16(3,4)15(13)17)12-6-10(2)8-19-12/h5-8,13-14H,1-4H3. The van der Waals surface area contributed by atoms with Crippen LogP contribution in [0.2, 0.25) is 0 Å². The van der Waals surface area contributed by atoms with E-state index >= 15 is 0 Å². The molecule has 0 N–H and O–H groups in total. The molecule has 1 aliphatic rings. The first-order valence-corrected chi connectivity index (χ1v) is 8.31. The minimum Gasteiger partial charge on any atom is -0.298 e.